The van der Waals surface area contributed by atoms with Crippen LogP contribution in [0.2, 0.25) is 0 Å². The van der Waals surface area contributed by atoms with Gasteiger partial charge in [-0.1, -0.05) is 0 Å². The van der Waals surface area contributed by atoms with E-state index in [2.05, 4.69) is 9.72 Å². The Labute approximate surface area is 117 Å². The van der Waals surface area contributed by atoms with Gasteiger partial charge in [-0.15, -0.1) is 0 Å². The molecule has 0 aliphatic rings. The Morgan fingerprint density at radius 1 is 1.43 bits per heavy atom. The van der Waals surface area contributed by atoms with Gasteiger partial charge in [0.2, 0.25) is 0 Å². The lowest BCUT2D eigenvalue weighted by Crippen LogP contribution is -2.19. The normalized spacial score (nSPS) is 11.8. The number of carbonyl (C=O) groups is 1. The molecule has 0 spiro atoms. The lowest BCUT2D eigenvalue weighted by molar-refractivity contribution is -0.143. The van der Waals surface area contributed by atoms with Crippen LogP contribution in [0.15, 0.2) is 6.07 Å². The summed E-state index contributed by atoms with van der Waals surface area (Å²) in [5.74, 6) is -0.848. The van der Waals surface area contributed by atoms with Gasteiger partial charge >= 0.3 is 12.1 Å². The average Bonchev–Trinajstić information content (AvgIpc) is 2.36. The molecule has 9 heteroatoms. The molecule has 0 aliphatic carbocycles. The molecule has 0 amide bonds. The maximum Gasteiger partial charge on any atom is 0.416 e. The van der Waals surface area contributed by atoms with Gasteiger partial charge in [0.05, 0.1) is 24.3 Å². The van der Waals surface area contributed by atoms with Gasteiger partial charge in [-0.05, 0) is 13.0 Å². The number of aromatic nitrogens is 1. The number of pyridine rings is 1. The van der Waals surface area contributed by atoms with Gasteiger partial charge in [-0.2, -0.15) is 13.2 Å². The third-order valence-electron chi connectivity index (χ3n) is 2.56. The second-order valence-electron chi connectivity index (χ2n) is 4.01. The Balaban J connectivity index is 3.35. The minimum absolute atomic E-state index is 0.0214. The minimum Gasteiger partial charge on any atom is -0.466 e. The Morgan fingerprint density at radius 2 is 2.05 bits per heavy atom. The van der Waals surface area contributed by atoms with Gasteiger partial charge in [0, 0.05) is 12.1 Å². The van der Waals surface area contributed by atoms with E-state index in [0.717, 1.165) is 0 Å². The quantitative estimate of drug-likeness (QED) is 0.670. The topological polar surface area (TPSA) is 65.2 Å². The van der Waals surface area contributed by atoms with Crippen LogP contribution >= 0.6 is 0 Å². The largest absolute Gasteiger partial charge is 0.466 e. The maximum absolute atomic E-state index is 12.9. The SMILES string of the molecule is CCOC(=O)Cc1cc(C(F)(F)F)c(CN)c(C(F)F)n1. The molecule has 0 saturated carbocycles. The van der Waals surface area contributed by atoms with Crippen molar-refractivity contribution in [3.05, 3.63) is 28.6 Å². The molecule has 0 radical (unpaired) electrons. The van der Waals surface area contributed by atoms with Crippen molar-refractivity contribution >= 4 is 5.97 Å². The fourth-order valence-corrected chi connectivity index (χ4v) is 1.74. The Hall–Kier alpha value is -1.77. The first-order valence-corrected chi connectivity index (χ1v) is 5.94. The highest BCUT2D eigenvalue weighted by Gasteiger charge is 2.36. The molecule has 1 aromatic rings. The zero-order chi connectivity index (χ0) is 16.2. The molecule has 0 fully saturated rings. The van der Waals surface area contributed by atoms with Crippen LogP contribution in [0.4, 0.5) is 22.0 Å². The van der Waals surface area contributed by atoms with Crippen molar-refractivity contribution in [2.45, 2.75) is 32.5 Å². The summed E-state index contributed by atoms with van der Waals surface area (Å²) < 4.78 is 68.9. The van der Waals surface area contributed by atoms with Crippen LogP contribution in [0.1, 0.15) is 35.9 Å². The summed E-state index contributed by atoms with van der Waals surface area (Å²) in [5, 5.41) is 0. The van der Waals surface area contributed by atoms with Crippen LogP contribution in [-0.4, -0.2) is 17.6 Å². The number of nitrogens with two attached hydrogens (primary N) is 1. The summed E-state index contributed by atoms with van der Waals surface area (Å²) in [7, 11) is 0. The van der Waals surface area contributed by atoms with Crippen LogP contribution in [0.5, 0.6) is 0 Å². The van der Waals surface area contributed by atoms with Gasteiger partial charge in [0.15, 0.2) is 0 Å². The molecule has 4 nitrogen and oxygen atoms in total. The van der Waals surface area contributed by atoms with Gasteiger partial charge in [0.25, 0.3) is 6.43 Å². The first-order valence-electron chi connectivity index (χ1n) is 5.94. The summed E-state index contributed by atoms with van der Waals surface area (Å²) in [6.07, 6.45) is -8.72. The summed E-state index contributed by atoms with van der Waals surface area (Å²) in [5.41, 5.74) is 1.54. The maximum atomic E-state index is 12.9. The Bertz CT molecular complexity index is 517. The number of hydrogen-bond donors (Lipinski definition) is 1. The van der Waals surface area contributed by atoms with Gasteiger partial charge in [-0.25, -0.2) is 8.78 Å². The van der Waals surface area contributed by atoms with Crippen molar-refractivity contribution in [1.82, 2.24) is 4.98 Å². The fourth-order valence-electron chi connectivity index (χ4n) is 1.74. The molecule has 2 N–H and O–H groups in total. The monoisotopic (exact) mass is 312 g/mol. The molecular weight excluding hydrogens is 299 g/mol. The van der Waals surface area contributed by atoms with Crippen molar-refractivity contribution in [2.75, 3.05) is 6.61 Å². The number of carbonyl (C=O) groups excluding carboxylic acids is 1. The highest BCUT2D eigenvalue weighted by atomic mass is 19.4. The number of alkyl halides is 5. The summed E-state index contributed by atoms with van der Waals surface area (Å²) >= 11 is 0. The number of esters is 1. The molecule has 118 valence electrons. The number of halogens is 5. The number of nitrogens with zero attached hydrogens (tertiary/aromatic N) is 1. The molecule has 0 aromatic carbocycles. The molecule has 1 aromatic heterocycles. The van der Waals surface area contributed by atoms with Gasteiger partial charge < -0.3 is 10.5 Å². The summed E-state index contributed by atoms with van der Waals surface area (Å²) in [4.78, 5) is 14.7. The van der Waals surface area contributed by atoms with Crippen molar-refractivity contribution in [1.29, 1.82) is 0 Å². The van der Waals surface area contributed by atoms with Crippen LogP contribution in [0, 0.1) is 0 Å². The smallest absolute Gasteiger partial charge is 0.416 e. The molecule has 21 heavy (non-hydrogen) atoms. The van der Waals surface area contributed by atoms with E-state index >= 15 is 0 Å². The van der Waals surface area contributed by atoms with E-state index in [1.165, 1.54) is 6.92 Å². The molecule has 0 saturated heterocycles. The summed E-state index contributed by atoms with van der Waals surface area (Å²) in [6, 6.07) is 0.547. The average molecular weight is 312 g/mol. The third-order valence-corrected chi connectivity index (χ3v) is 2.56. The molecule has 1 rings (SSSR count). The van der Waals surface area contributed by atoms with E-state index in [0.29, 0.717) is 6.07 Å². The lowest BCUT2D eigenvalue weighted by Gasteiger charge is -2.16. The van der Waals surface area contributed by atoms with Crippen LogP contribution < -0.4 is 5.73 Å². The first kappa shape index (κ1) is 17.3. The molecule has 0 unspecified atom stereocenters. The fraction of sp³-hybridized carbons (Fsp3) is 0.500. The second kappa shape index (κ2) is 6.79. The molecule has 0 bridgehead atoms. The number of hydrogen-bond acceptors (Lipinski definition) is 4. The van der Waals surface area contributed by atoms with E-state index in [-0.39, 0.29) is 6.61 Å². The van der Waals surface area contributed by atoms with Crippen molar-refractivity contribution in [2.24, 2.45) is 5.73 Å². The predicted molar refractivity (Wildman–Crippen MR) is 62.4 cm³/mol. The molecule has 1 heterocycles. The standard InChI is InChI=1S/C12H13F5N2O2/c1-2-21-9(20)4-6-3-8(12(15,16)17)7(5-18)10(19-6)11(13)14/h3,11H,2,4-5,18H2,1H3. The van der Waals surface area contributed by atoms with E-state index in [1.807, 2.05) is 0 Å². The third kappa shape index (κ3) is 4.35. The highest BCUT2D eigenvalue weighted by molar-refractivity contribution is 5.72. The Kier molecular flexibility index (Phi) is 5.59. The van der Waals surface area contributed by atoms with Crippen molar-refractivity contribution in [3.8, 4) is 0 Å². The van der Waals surface area contributed by atoms with E-state index in [4.69, 9.17) is 5.73 Å². The Morgan fingerprint density at radius 3 is 2.48 bits per heavy atom. The van der Waals surface area contributed by atoms with Crippen molar-refractivity contribution in [3.63, 3.8) is 0 Å². The zero-order valence-electron chi connectivity index (χ0n) is 11.0. The second-order valence-corrected chi connectivity index (χ2v) is 4.01. The van der Waals surface area contributed by atoms with E-state index in [9.17, 15) is 26.7 Å². The van der Waals surface area contributed by atoms with Crippen LogP contribution in [0.3, 0.4) is 0 Å². The first-order chi connectivity index (χ1) is 9.70. The van der Waals surface area contributed by atoms with E-state index < -0.39 is 54.1 Å². The molecule has 0 aliphatic heterocycles. The molecular formula is C12H13F5N2O2. The number of rotatable bonds is 5. The minimum atomic E-state index is -4.87. The zero-order valence-corrected chi connectivity index (χ0v) is 11.0. The van der Waals surface area contributed by atoms with Gasteiger partial charge in [0.1, 0.15) is 5.69 Å². The predicted octanol–water partition coefficient (Wildman–Crippen LogP) is 2.60. The number of ether oxygens (including phenoxy) is 1. The summed E-state index contributed by atoms with van der Waals surface area (Å²) in [6.45, 7) is 0.795. The van der Waals surface area contributed by atoms with Crippen molar-refractivity contribution < 1.29 is 31.5 Å². The highest BCUT2D eigenvalue weighted by Crippen LogP contribution is 2.36. The van der Waals surface area contributed by atoms with E-state index in [1.54, 1.807) is 0 Å². The van der Waals surface area contributed by atoms with Crippen LogP contribution in [-0.2, 0) is 28.7 Å². The molecule has 0 atom stereocenters. The lowest BCUT2D eigenvalue weighted by atomic mass is 10.0. The van der Waals surface area contributed by atoms with Gasteiger partial charge in [-0.3, -0.25) is 9.78 Å². The van der Waals surface area contributed by atoms with Crippen LogP contribution in [0.25, 0.3) is 0 Å².